The van der Waals surface area contributed by atoms with Crippen molar-refractivity contribution in [2.24, 2.45) is 0 Å². The number of benzene rings is 2. The van der Waals surface area contributed by atoms with E-state index < -0.39 is 0 Å². The van der Waals surface area contributed by atoms with Crippen LogP contribution >= 0.6 is 34.5 Å². The average Bonchev–Trinajstić information content (AvgIpc) is 3.39. The van der Waals surface area contributed by atoms with Crippen LogP contribution in [0.1, 0.15) is 6.42 Å². The zero-order chi connectivity index (χ0) is 19.3. The van der Waals surface area contributed by atoms with Crippen LogP contribution in [0.15, 0.2) is 66.6 Å². The van der Waals surface area contributed by atoms with Crippen molar-refractivity contribution in [3.8, 4) is 27.6 Å². The van der Waals surface area contributed by atoms with Crippen molar-refractivity contribution in [3.63, 3.8) is 0 Å². The minimum atomic E-state index is 0.486. The number of aryl methyl sites for hydroxylation is 1. The fourth-order valence-corrected chi connectivity index (χ4v) is 4.24. The summed E-state index contributed by atoms with van der Waals surface area (Å²) in [5.41, 5.74) is 2.81. The third-order valence-corrected chi connectivity index (χ3v) is 5.64. The molecule has 0 unspecified atom stereocenters. The fraction of sp³-hybridized carbons (Fsp3) is 0.143. The number of thiazole rings is 1. The predicted molar refractivity (Wildman–Crippen MR) is 115 cm³/mol. The minimum Gasteiger partial charge on any atom is -0.490 e. The normalized spacial score (nSPS) is 10.9. The SMILES string of the molecule is Clc1cc(-c2csc(-c3ccccc3)n2)cc(Cl)c1OCCCn1ccnc1. The zero-order valence-corrected chi connectivity index (χ0v) is 17.2. The van der Waals surface area contributed by atoms with E-state index in [1.165, 1.54) is 0 Å². The molecule has 0 aliphatic rings. The van der Waals surface area contributed by atoms with Crippen molar-refractivity contribution in [3.05, 3.63) is 76.6 Å². The lowest BCUT2D eigenvalue weighted by Crippen LogP contribution is -2.03. The molecular formula is C21H17Cl2N3OS. The van der Waals surface area contributed by atoms with Gasteiger partial charge in [0, 0.05) is 35.4 Å². The molecule has 0 aliphatic heterocycles. The van der Waals surface area contributed by atoms with Gasteiger partial charge in [0.1, 0.15) is 5.01 Å². The minimum absolute atomic E-state index is 0.486. The van der Waals surface area contributed by atoms with Crippen LogP contribution in [0.25, 0.3) is 21.8 Å². The van der Waals surface area contributed by atoms with Gasteiger partial charge in [-0.2, -0.15) is 0 Å². The first-order valence-corrected chi connectivity index (χ1v) is 10.4. The van der Waals surface area contributed by atoms with Gasteiger partial charge in [-0.05, 0) is 18.6 Å². The van der Waals surface area contributed by atoms with Crippen LogP contribution in [0.2, 0.25) is 10.0 Å². The number of rotatable bonds is 7. The molecule has 0 amide bonds. The second-order valence-electron chi connectivity index (χ2n) is 6.18. The van der Waals surface area contributed by atoms with E-state index in [9.17, 15) is 0 Å². The molecule has 0 saturated carbocycles. The summed E-state index contributed by atoms with van der Waals surface area (Å²) in [5.74, 6) is 0.510. The van der Waals surface area contributed by atoms with Crippen LogP contribution in [0.3, 0.4) is 0 Å². The molecule has 2 aromatic carbocycles. The first kappa shape index (κ1) is 19.0. The molecule has 0 saturated heterocycles. The van der Waals surface area contributed by atoms with Crippen LogP contribution in [0, 0.1) is 0 Å². The van der Waals surface area contributed by atoms with Crippen molar-refractivity contribution in [2.45, 2.75) is 13.0 Å². The molecule has 28 heavy (non-hydrogen) atoms. The Bertz CT molecular complexity index is 1030. The van der Waals surface area contributed by atoms with Gasteiger partial charge in [-0.1, -0.05) is 53.5 Å². The quantitative estimate of drug-likeness (QED) is 0.317. The topological polar surface area (TPSA) is 39.9 Å². The average molecular weight is 430 g/mol. The predicted octanol–water partition coefficient (Wildman–Crippen LogP) is 6.45. The Morgan fingerprint density at radius 1 is 1.04 bits per heavy atom. The third-order valence-electron chi connectivity index (χ3n) is 4.19. The summed E-state index contributed by atoms with van der Waals surface area (Å²) in [4.78, 5) is 8.74. The van der Waals surface area contributed by atoms with Crippen LogP contribution < -0.4 is 4.74 Å². The number of ether oxygens (including phenoxy) is 1. The molecule has 4 nitrogen and oxygen atoms in total. The summed E-state index contributed by atoms with van der Waals surface area (Å²) in [5, 5.41) is 3.94. The molecule has 0 atom stereocenters. The molecule has 2 aromatic heterocycles. The van der Waals surface area contributed by atoms with Crippen LogP contribution in [-0.2, 0) is 6.54 Å². The zero-order valence-electron chi connectivity index (χ0n) is 14.9. The second kappa shape index (κ2) is 8.78. The van der Waals surface area contributed by atoms with E-state index in [4.69, 9.17) is 32.9 Å². The van der Waals surface area contributed by atoms with Crippen molar-refractivity contribution in [1.29, 1.82) is 0 Å². The standard InChI is InChI=1S/C21H17Cl2N3OS/c22-17-11-16(19-13-28-21(25-19)15-5-2-1-3-6-15)12-18(23)20(17)27-10-4-8-26-9-7-24-14-26/h1-3,5-7,9,11-14H,4,8,10H2. The highest BCUT2D eigenvalue weighted by Crippen LogP contribution is 2.38. The van der Waals surface area contributed by atoms with E-state index in [0.717, 1.165) is 34.8 Å². The van der Waals surface area contributed by atoms with Crippen molar-refractivity contribution < 1.29 is 4.74 Å². The molecule has 4 aromatic rings. The van der Waals surface area contributed by atoms with Crippen LogP contribution in [0.4, 0.5) is 0 Å². The van der Waals surface area contributed by atoms with E-state index in [-0.39, 0.29) is 0 Å². The lowest BCUT2D eigenvalue weighted by atomic mass is 10.1. The Kier molecular flexibility index (Phi) is 5.95. The highest BCUT2D eigenvalue weighted by atomic mass is 35.5. The first-order valence-electron chi connectivity index (χ1n) is 8.79. The molecule has 142 valence electrons. The van der Waals surface area contributed by atoms with Crippen molar-refractivity contribution in [1.82, 2.24) is 14.5 Å². The molecular weight excluding hydrogens is 413 g/mol. The van der Waals surface area contributed by atoms with Crippen molar-refractivity contribution in [2.75, 3.05) is 6.61 Å². The largest absolute Gasteiger partial charge is 0.490 e. The summed E-state index contributed by atoms with van der Waals surface area (Å²) >= 11 is 14.5. The summed E-state index contributed by atoms with van der Waals surface area (Å²) in [7, 11) is 0. The van der Waals surface area contributed by atoms with Crippen molar-refractivity contribution >= 4 is 34.5 Å². The highest BCUT2D eigenvalue weighted by molar-refractivity contribution is 7.13. The summed E-state index contributed by atoms with van der Waals surface area (Å²) in [6, 6.07) is 13.8. The van der Waals surface area contributed by atoms with Gasteiger partial charge in [0.15, 0.2) is 5.75 Å². The Balaban J connectivity index is 1.46. The lowest BCUT2D eigenvalue weighted by molar-refractivity contribution is 0.302. The van der Waals surface area contributed by atoms with Gasteiger partial charge in [0.2, 0.25) is 0 Å². The first-order chi connectivity index (χ1) is 13.7. The third kappa shape index (κ3) is 4.38. The van der Waals surface area contributed by atoms with Gasteiger partial charge in [-0.15, -0.1) is 11.3 Å². The molecule has 0 spiro atoms. The number of hydrogen-bond acceptors (Lipinski definition) is 4. The maximum Gasteiger partial charge on any atom is 0.156 e. The van der Waals surface area contributed by atoms with Gasteiger partial charge in [-0.3, -0.25) is 0 Å². The summed E-state index contributed by atoms with van der Waals surface area (Å²) < 4.78 is 7.82. The number of aromatic nitrogens is 3. The van der Waals surface area contributed by atoms with Gasteiger partial charge in [0.05, 0.1) is 28.7 Å². The monoisotopic (exact) mass is 429 g/mol. The maximum absolute atomic E-state index is 6.44. The molecule has 2 heterocycles. The van der Waals surface area contributed by atoms with E-state index in [1.807, 2.05) is 58.6 Å². The van der Waals surface area contributed by atoms with E-state index >= 15 is 0 Å². The molecule has 0 aliphatic carbocycles. The Hall–Kier alpha value is -2.34. The molecule has 4 rings (SSSR count). The molecule has 0 fully saturated rings. The van der Waals surface area contributed by atoms with Gasteiger partial charge in [0.25, 0.3) is 0 Å². The van der Waals surface area contributed by atoms with Gasteiger partial charge >= 0.3 is 0 Å². The fourth-order valence-electron chi connectivity index (χ4n) is 2.81. The second-order valence-corrected chi connectivity index (χ2v) is 7.85. The number of imidazole rings is 1. The molecule has 0 radical (unpaired) electrons. The number of nitrogens with zero attached hydrogens (tertiary/aromatic N) is 3. The van der Waals surface area contributed by atoms with Crippen LogP contribution in [-0.4, -0.2) is 21.1 Å². The van der Waals surface area contributed by atoms with Crippen LogP contribution in [0.5, 0.6) is 5.75 Å². The number of halogens is 2. The number of hydrogen-bond donors (Lipinski definition) is 0. The Labute approximate surface area is 177 Å². The Morgan fingerprint density at radius 2 is 1.82 bits per heavy atom. The highest BCUT2D eigenvalue weighted by Gasteiger charge is 2.13. The summed E-state index contributed by atoms with van der Waals surface area (Å²) in [6.07, 6.45) is 6.30. The maximum atomic E-state index is 6.44. The molecule has 0 N–H and O–H groups in total. The van der Waals surface area contributed by atoms with E-state index in [2.05, 4.69) is 4.98 Å². The van der Waals surface area contributed by atoms with Gasteiger partial charge < -0.3 is 9.30 Å². The molecule has 0 bridgehead atoms. The molecule has 7 heteroatoms. The lowest BCUT2D eigenvalue weighted by Gasteiger charge is -2.11. The van der Waals surface area contributed by atoms with E-state index in [1.54, 1.807) is 23.9 Å². The van der Waals surface area contributed by atoms with E-state index in [0.29, 0.717) is 22.4 Å². The smallest absolute Gasteiger partial charge is 0.156 e. The summed E-state index contributed by atoms with van der Waals surface area (Å²) in [6.45, 7) is 1.35. The van der Waals surface area contributed by atoms with Gasteiger partial charge in [-0.25, -0.2) is 9.97 Å². The Morgan fingerprint density at radius 3 is 2.54 bits per heavy atom.